The largest absolute Gasteiger partial charge is 0.467 e. The minimum Gasteiger partial charge on any atom is -0.467 e. The summed E-state index contributed by atoms with van der Waals surface area (Å²) in [5, 5.41) is 22.7. The van der Waals surface area contributed by atoms with Crippen molar-refractivity contribution in [1.82, 2.24) is 5.32 Å². The normalized spacial score (nSPS) is 11.7. The van der Waals surface area contributed by atoms with Crippen LogP contribution in [0.5, 0.6) is 0 Å². The van der Waals surface area contributed by atoms with Crippen molar-refractivity contribution in [2.45, 2.75) is 6.04 Å². The minimum absolute atomic E-state index is 0.0500. The van der Waals surface area contributed by atoms with E-state index in [-0.39, 0.29) is 10.6 Å². The topological polar surface area (TPSA) is 119 Å². The predicted octanol–water partition coefficient (Wildman–Crippen LogP) is -0.0800. The average molecular weight is 274 g/mol. The number of methoxy groups -OCH3 is 1. The number of carbonyl (C=O) groups is 2. The molecule has 0 radical (unpaired) electrons. The van der Waals surface area contributed by atoms with Crippen molar-refractivity contribution in [1.29, 1.82) is 0 Å². The van der Waals surface area contributed by atoms with Crippen LogP contribution in [0.2, 0.25) is 0 Å². The van der Waals surface area contributed by atoms with Gasteiger partial charge >= 0.3 is 11.0 Å². The number of nitrogens with one attached hydrogen (secondary N) is 1. The number of aliphatic hydroxyl groups excluding tert-OH is 1. The maximum atomic E-state index is 11.6. The number of thiophene rings is 1. The Morgan fingerprint density at radius 2 is 2.33 bits per heavy atom. The Kier molecular flexibility index (Phi) is 4.75. The Labute approximate surface area is 105 Å². The lowest BCUT2D eigenvalue weighted by Gasteiger charge is -2.12. The molecular formula is C9H10N2O6S. The predicted molar refractivity (Wildman–Crippen MR) is 61.3 cm³/mol. The van der Waals surface area contributed by atoms with E-state index in [0.29, 0.717) is 0 Å². The van der Waals surface area contributed by atoms with E-state index in [1.165, 1.54) is 5.38 Å². The van der Waals surface area contributed by atoms with Gasteiger partial charge in [-0.05, 0) is 0 Å². The number of hydrogen-bond donors (Lipinski definition) is 2. The average Bonchev–Trinajstić information content (AvgIpc) is 2.84. The Morgan fingerprint density at radius 1 is 1.67 bits per heavy atom. The Bertz CT molecular complexity index is 471. The molecule has 0 aromatic carbocycles. The van der Waals surface area contributed by atoms with Gasteiger partial charge in [0.2, 0.25) is 0 Å². The second-order valence-corrected chi connectivity index (χ2v) is 4.05. The number of nitro groups is 1. The van der Waals surface area contributed by atoms with Gasteiger partial charge < -0.3 is 15.2 Å². The smallest absolute Gasteiger partial charge is 0.330 e. The maximum absolute atomic E-state index is 11.6. The van der Waals surface area contributed by atoms with E-state index >= 15 is 0 Å². The first-order valence-corrected chi connectivity index (χ1v) is 5.60. The first kappa shape index (κ1) is 14.1. The number of aliphatic hydroxyl groups is 1. The molecule has 1 atom stereocenters. The monoisotopic (exact) mass is 274 g/mol. The lowest BCUT2D eigenvalue weighted by atomic mass is 10.2. The molecule has 1 aromatic rings. The molecule has 2 N–H and O–H groups in total. The summed E-state index contributed by atoms with van der Waals surface area (Å²) in [4.78, 5) is 32.6. The molecule has 18 heavy (non-hydrogen) atoms. The summed E-state index contributed by atoms with van der Waals surface area (Å²) >= 11 is 0.796. The van der Waals surface area contributed by atoms with Crippen molar-refractivity contribution in [2.24, 2.45) is 0 Å². The molecular weight excluding hydrogens is 264 g/mol. The number of hydrogen-bond acceptors (Lipinski definition) is 7. The number of ether oxygens (including phenoxy) is 1. The van der Waals surface area contributed by atoms with Gasteiger partial charge in [0.1, 0.15) is 0 Å². The van der Waals surface area contributed by atoms with Crippen molar-refractivity contribution in [2.75, 3.05) is 13.7 Å². The van der Waals surface area contributed by atoms with E-state index in [9.17, 15) is 19.7 Å². The van der Waals surface area contributed by atoms with Crippen LogP contribution >= 0.6 is 11.3 Å². The summed E-state index contributed by atoms with van der Waals surface area (Å²) in [5.74, 6) is -1.49. The van der Waals surface area contributed by atoms with Crippen LogP contribution in [-0.4, -0.2) is 41.7 Å². The highest BCUT2D eigenvalue weighted by Crippen LogP contribution is 2.22. The molecule has 1 heterocycles. The number of amides is 1. The van der Waals surface area contributed by atoms with Crippen LogP contribution in [0.1, 0.15) is 10.4 Å². The van der Waals surface area contributed by atoms with Gasteiger partial charge in [-0.3, -0.25) is 14.9 Å². The van der Waals surface area contributed by atoms with Crippen molar-refractivity contribution < 1.29 is 24.4 Å². The number of nitrogens with zero attached hydrogens (tertiary/aromatic N) is 1. The zero-order valence-corrected chi connectivity index (χ0v) is 10.1. The van der Waals surface area contributed by atoms with Crippen LogP contribution in [0.25, 0.3) is 0 Å². The molecule has 0 aliphatic carbocycles. The molecule has 0 aliphatic rings. The third-order valence-electron chi connectivity index (χ3n) is 2.00. The quantitative estimate of drug-likeness (QED) is 0.440. The van der Waals surface area contributed by atoms with Crippen molar-refractivity contribution in [3.05, 3.63) is 27.1 Å². The van der Waals surface area contributed by atoms with E-state index in [2.05, 4.69) is 10.1 Å². The third-order valence-corrected chi connectivity index (χ3v) is 2.88. The molecule has 0 unspecified atom stereocenters. The molecule has 0 saturated carbocycles. The van der Waals surface area contributed by atoms with E-state index in [1.54, 1.807) is 0 Å². The molecule has 1 rings (SSSR count). The number of esters is 1. The van der Waals surface area contributed by atoms with Crippen LogP contribution in [-0.2, 0) is 9.53 Å². The third kappa shape index (κ3) is 3.25. The lowest BCUT2D eigenvalue weighted by Crippen LogP contribution is -2.43. The van der Waals surface area contributed by atoms with Gasteiger partial charge in [0, 0.05) is 11.4 Å². The van der Waals surface area contributed by atoms with Crippen LogP contribution < -0.4 is 5.32 Å². The summed E-state index contributed by atoms with van der Waals surface area (Å²) in [7, 11) is 1.12. The van der Waals surface area contributed by atoms with Gasteiger partial charge in [0.05, 0.1) is 24.2 Å². The summed E-state index contributed by atoms with van der Waals surface area (Å²) < 4.78 is 4.36. The Hall–Kier alpha value is -2.00. The summed E-state index contributed by atoms with van der Waals surface area (Å²) in [6.07, 6.45) is 0. The molecule has 9 heteroatoms. The molecule has 0 saturated heterocycles. The molecule has 1 amide bonds. The Balaban J connectivity index is 2.74. The van der Waals surface area contributed by atoms with Crippen LogP contribution in [0.15, 0.2) is 11.4 Å². The van der Waals surface area contributed by atoms with Crippen molar-refractivity contribution >= 4 is 28.2 Å². The zero-order chi connectivity index (χ0) is 13.7. The molecule has 98 valence electrons. The first-order valence-electron chi connectivity index (χ1n) is 4.72. The summed E-state index contributed by atoms with van der Waals surface area (Å²) in [6, 6.07) is -0.104. The van der Waals surface area contributed by atoms with Crippen molar-refractivity contribution in [3.63, 3.8) is 0 Å². The van der Waals surface area contributed by atoms with E-state index in [0.717, 1.165) is 24.5 Å². The second kappa shape index (κ2) is 6.07. The highest BCUT2D eigenvalue weighted by atomic mass is 32.1. The fraction of sp³-hybridized carbons (Fsp3) is 0.333. The lowest BCUT2D eigenvalue weighted by molar-refractivity contribution is -0.380. The fourth-order valence-electron chi connectivity index (χ4n) is 1.10. The summed E-state index contributed by atoms with van der Waals surface area (Å²) in [6.45, 7) is -0.620. The molecule has 1 aromatic heterocycles. The van der Waals surface area contributed by atoms with Crippen LogP contribution in [0, 0.1) is 10.1 Å². The fourth-order valence-corrected chi connectivity index (χ4v) is 1.81. The summed E-state index contributed by atoms with van der Waals surface area (Å²) in [5.41, 5.74) is 0.0500. The van der Waals surface area contributed by atoms with E-state index < -0.39 is 29.4 Å². The minimum atomic E-state index is -1.19. The van der Waals surface area contributed by atoms with Crippen LogP contribution in [0.4, 0.5) is 5.00 Å². The molecule has 8 nitrogen and oxygen atoms in total. The van der Waals surface area contributed by atoms with E-state index in [1.807, 2.05) is 0 Å². The highest BCUT2D eigenvalue weighted by Gasteiger charge is 2.22. The molecule has 0 fully saturated rings. The second-order valence-electron chi connectivity index (χ2n) is 3.16. The standard InChI is InChI=1S/C9H10N2O6S/c1-17-9(14)6(3-12)10-8(13)5-2-7(11(15)16)18-4-5/h2,4,6,12H,3H2,1H3,(H,10,13)/t6-/m0/s1. The highest BCUT2D eigenvalue weighted by molar-refractivity contribution is 7.13. The maximum Gasteiger partial charge on any atom is 0.330 e. The van der Waals surface area contributed by atoms with Gasteiger partial charge in [0.25, 0.3) is 5.91 Å². The van der Waals surface area contributed by atoms with Crippen LogP contribution in [0.3, 0.4) is 0 Å². The van der Waals surface area contributed by atoms with Gasteiger partial charge in [0.15, 0.2) is 6.04 Å². The van der Waals surface area contributed by atoms with Gasteiger partial charge in [-0.15, -0.1) is 0 Å². The SMILES string of the molecule is COC(=O)[C@H](CO)NC(=O)c1csc([N+](=O)[O-])c1. The Morgan fingerprint density at radius 3 is 2.78 bits per heavy atom. The van der Waals surface area contributed by atoms with Gasteiger partial charge in [-0.1, -0.05) is 11.3 Å². The van der Waals surface area contributed by atoms with Gasteiger partial charge in [-0.2, -0.15) is 0 Å². The number of rotatable bonds is 5. The first-order chi connectivity index (χ1) is 8.49. The van der Waals surface area contributed by atoms with Gasteiger partial charge in [-0.25, -0.2) is 4.79 Å². The molecule has 0 aliphatic heterocycles. The van der Waals surface area contributed by atoms with Crippen molar-refractivity contribution in [3.8, 4) is 0 Å². The molecule has 0 bridgehead atoms. The number of carbonyl (C=O) groups excluding carboxylic acids is 2. The zero-order valence-electron chi connectivity index (χ0n) is 9.28. The molecule has 0 spiro atoms. The van der Waals surface area contributed by atoms with E-state index in [4.69, 9.17) is 5.11 Å².